The van der Waals surface area contributed by atoms with Gasteiger partial charge in [-0.2, -0.15) is 0 Å². The van der Waals surface area contributed by atoms with Gasteiger partial charge in [-0.25, -0.2) is 0 Å². The number of nitrogens with one attached hydrogen (secondary N) is 1. The van der Waals surface area contributed by atoms with Gasteiger partial charge in [0.2, 0.25) is 5.75 Å². The lowest BCUT2D eigenvalue weighted by molar-refractivity contribution is 0.0791. The molecular formula is C16H25NO3. The average Bonchev–Trinajstić information content (AvgIpc) is 2.41. The van der Waals surface area contributed by atoms with Gasteiger partial charge in [-0.05, 0) is 50.4 Å². The molecule has 0 atom stereocenters. The summed E-state index contributed by atoms with van der Waals surface area (Å²) in [7, 11) is 3.32. The van der Waals surface area contributed by atoms with E-state index in [1.165, 1.54) is 6.42 Å². The van der Waals surface area contributed by atoms with E-state index in [-0.39, 0.29) is 6.10 Å². The summed E-state index contributed by atoms with van der Waals surface area (Å²) in [6.45, 7) is 5.28. The Kier molecular flexibility index (Phi) is 5.12. The highest BCUT2D eigenvalue weighted by molar-refractivity contribution is 5.53. The van der Waals surface area contributed by atoms with Crippen LogP contribution in [0.15, 0.2) is 12.1 Å². The first-order valence-electron chi connectivity index (χ1n) is 7.30. The number of aryl methyl sites for hydroxylation is 1. The quantitative estimate of drug-likeness (QED) is 0.833. The van der Waals surface area contributed by atoms with Gasteiger partial charge in [0.1, 0.15) is 6.10 Å². The molecule has 0 spiro atoms. The SMILES string of the molecule is CCCNC1CC(Oc2c(OC)cc(C)cc2OC)C1. The summed E-state index contributed by atoms with van der Waals surface area (Å²) in [4.78, 5) is 0. The van der Waals surface area contributed by atoms with Crippen molar-refractivity contribution in [1.29, 1.82) is 0 Å². The molecule has 20 heavy (non-hydrogen) atoms. The second kappa shape index (κ2) is 6.84. The summed E-state index contributed by atoms with van der Waals surface area (Å²) in [5.41, 5.74) is 1.10. The molecule has 1 fully saturated rings. The van der Waals surface area contributed by atoms with Crippen LogP contribution in [0.1, 0.15) is 31.7 Å². The zero-order valence-electron chi connectivity index (χ0n) is 12.9. The maximum atomic E-state index is 6.07. The molecule has 4 heteroatoms. The Balaban J connectivity index is 1.99. The molecule has 0 aromatic heterocycles. The van der Waals surface area contributed by atoms with Gasteiger partial charge in [-0.1, -0.05) is 6.92 Å². The third-order valence-corrected chi connectivity index (χ3v) is 3.67. The van der Waals surface area contributed by atoms with Crippen LogP contribution in [0.3, 0.4) is 0 Å². The van der Waals surface area contributed by atoms with Gasteiger partial charge in [0.15, 0.2) is 11.5 Å². The summed E-state index contributed by atoms with van der Waals surface area (Å²) in [6, 6.07) is 4.54. The fourth-order valence-electron chi connectivity index (χ4n) is 2.47. The van der Waals surface area contributed by atoms with Crippen LogP contribution < -0.4 is 19.5 Å². The molecule has 0 aliphatic heterocycles. The number of ether oxygens (including phenoxy) is 3. The van der Waals surface area contributed by atoms with E-state index in [4.69, 9.17) is 14.2 Å². The fourth-order valence-corrected chi connectivity index (χ4v) is 2.47. The van der Waals surface area contributed by atoms with Crippen molar-refractivity contribution in [3.63, 3.8) is 0 Å². The molecule has 2 rings (SSSR count). The Morgan fingerprint density at radius 3 is 2.25 bits per heavy atom. The van der Waals surface area contributed by atoms with Crippen molar-refractivity contribution in [2.24, 2.45) is 0 Å². The Bertz CT molecular complexity index is 416. The molecule has 1 aliphatic carbocycles. The predicted octanol–water partition coefficient (Wildman–Crippen LogP) is 2.92. The van der Waals surface area contributed by atoms with E-state index in [1.54, 1.807) is 14.2 Å². The first-order valence-corrected chi connectivity index (χ1v) is 7.30. The molecule has 1 N–H and O–H groups in total. The molecule has 112 valence electrons. The van der Waals surface area contributed by atoms with E-state index in [0.717, 1.165) is 42.2 Å². The van der Waals surface area contributed by atoms with E-state index in [1.807, 2.05) is 19.1 Å². The topological polar surface area (TPSA) is 39.7 Å². The summed E-state index contributed by atoms with van der Waals surface area (Å²) < 4.78 is 16.9. The van der Waals surface area contributed by atoms with Crippen LogP contribution in [-0.2, 0) is 0 Å². The third kappa shape index (κ3) is 3.37. The van der Waals surface area contributed by atoms with Gasteiger partial charge in [0, 0.05) is 6.04 Å². The second-order valence-corrected chi connectivity index (χ2v) is 5.36. The first-order chi connectivity index (χ1) is 9.67. The highest BCUT2D eigenvalue weighted by Gasteiger charge is 2.31. The monoisotopic (exact) mass is 279 g/mol. The van der Waals surface area contributed by atoms with Crippen molar-refractivity contribution in [2.45, 2.75) is 45.3 Å². The van der Waals surface area contributed by atoms with E-state index >= 15 is 0 Å². The Labute approximate surface area is 121 Å². The van der Waals surface area contributed by atoms with E-state index < -0.39 is 0 Å². The van der Waals surface area contributed by atoms with Crippen molar-refractivity contribution >= 4 is 0 Å². The lowest BCUT2D eigenvalue weighted by Crippen LogP contribution is -2.47. The Hall–Kier alpha value is -1.42. The first kappa shape index (κ1) is 15.0. The molecule has 1 saturated carbocycles. The van der Waals surface area contributed by atoms with Crippen LogP contribution in [0.25, 0.3) is 0 Å². The highest BCUT2D eigenvalue weighted by atomic mass is 16.5. The number of methoxy groups -OCH3 is 2. The molecule has 0 bridgehead atoms. The van der Waals surface area contributed by atoms with Crippen molar-refractivity contribution in [3.8, 4) is 17.2 Å². The van der Waals surface area contributed by atoms with E-state index in [2.05, 4.69) is 12.2 Å². The van der Waals surface area contributed by atoms with Gasteiger partial charge in [-0.15, -0.1) is 0 Å². The molecule has 4 nitrogen and oxygen atoms in total. The van der Waals surface area contributed by atoms with Crippen molar-refractivity contribution < 1.29 is 14.2 Å². The molecule has 0 saturated heterocycles. The smallest absolute Gasteiger partial charge is 0.203 e. The van der Waals surface area contributed by atoms with E-state index in [9.17, 15) is 0 Å². The van der Waals surface area contributed by atoms with Gasteiger partial charge < -0.3 is 19.5 Å². The molecule has 1 aromatic carbocycles. The highest BCUT2D eigenvalue weighted by Crippen LogP contribution is 2.41. The van der Waals surface area contributed by atoms with Crippen molar-refractivity contribution in [3.05, 3.63) is 17.7 Å². The summed E-state index contributed by atoms with van der Waals surface area (Å²) >= 11 is 0. The van der Waals surface area contributed by atoms with E-state index in [0.29, 0.717) is 6.04 Å². The number of benzene rings is 1. The Morgan fingerprint density at radius 1 is 1.15 bits per heavy atom. The largest absolute Gasteiger partial charge is 0.493 e. The zero-order valence-corrected chi connectivity index (χ0v) is 12.9. The van der Waals surface area contributed by atoms with Crippen LogP contribution in [0.4, 0.5) is 0 Å². The maximum absolute atomic E-state index is 6.07. The zero-order chi connectivity index (χ0) is 14.5. The van der Waals surface area contributed by atoms with Crippen LogP contribution in [0, 0.1) is 6.92 Å². The normalized spacial score (nSPS) is 21.2. The molecule has 0 amide bonds. The fraction of sp³-hybridized carbons (Fsp3) is 0.625. The summed E-state index contributed by atoms with van der Waals surface area (Å²) in [5, 5.41) is 3.51. The van der Waals surface area contributed by atoms with Crippen LogP contribution in [0.5, 0.6) is 17.2 Å². The van der Waals surface area contributed by atoms with Gasteiger partial charge in [0.05, 0.1) is 14.2 Å². The minimum Gasteiger partial charge on any atom is -0.493 e. The van der Waals surface area contributed by atoms with Crippen molar-refractivity contribution in [2.75, 3.05) is 20.8 Å². The second-order valence-electron chi connectivity index (χ2n) is 5.36. The van der Waals surface area contributed by atoms with Gasteiger partial charge in [0.25, 0.3) is 0 Å². The third-order valence-electron chi connectivity index (χ3n) is 3.67. The Morgan fingerprint density at radius 2 is 1.75 bits per heavy atom. The molecule has 0 unspecified atom stereocenters. The standard InChI is InChI=1S/C16H25NO3/c1-5-6-17-12-9-13(10-12)20-16-14(18-3)7-11(2)8-15(16)19-4/h7-8,12-13,17H,5-6,9-10H2,1-4H3. The minimum atomic E-state index is 0.245. The lowest BCUT2D eigenvalue weighted by Gasteiger charge is -2.36. The summed E-state index contributed by atoms with van der Waals surface area (Å²) in [5.74, 6) is 2.21. The molecule has 0 heterocycles. The van der Waals surface area contributed by atoms with Crippen LogP contribution in [0.2, 0.25) is 0 Å². The van der Waals surface area contributed by atoms with Crippen molar-refractivity contribution in [1.82, 2.24) is 5.32 Å². The van der Waals surface area contributed by atoms with Crippen LogP contribution >= 0.6 is 0 Å². The molecule has 1 aliphatic rings. The van der Waals surface area contributed by atoms with Gasteiger partial charge in [-0.3, -0.25) is 0 Å². The van der Waals surface area contributed by atoms with Crippen LogP contribution in [-0.4, -0.2) is 32.9 Å². The maximum Gasteiger partial charge on any atom is 0.203 e. The summed E-state index contributed by atoms with van der Waals surface area (Å²) in [6.07, 6.45) is 3.50. The lowest BCUT2D eigenvalue weighted by atomic mass is 9.89. The number of rotatable bonds is 7. The van der Waals surface area contributed by atoms with Gasteiger partial charge >= 0.3 is 0 Å². The number of hydrogen-bond acceptors (Lipinski definition) is 4. The molecule has 1 aromatic rings. The molecule has 0 radical (unpaired) electrons. The minimum absolute atomic E-state index is 0.245. The average molecular weight is 279 g/mol. The predicted molar refractivity (Wildman–Crippen MR) is 80.0 cm³/mol. The molecular weight excluding hydrogens is 254 g/mol. The number of hydrogen-bond donors (Lipinski definition) is 1.